The van der Waals surface area contributed by atoms with Gasteiger partial charge in [0.1, 0.15) is 22.8 Å². The van der Waals surface area contributed by atoms with Gasteiger partial charge in [-0.25, -0.2) is 14.6 Å². The molecule has 2 aliphatic heterocycles. The Labute approximate surface area is 351 Å². The minimum absolute atomic E-state index is 0.100. The molecule has 2 amide bonds. The van der Waals surface area contributed by atoms with E-state index in [1.807, 2.05) is 88.6 Å². The highest BCUT2D eigenvalue weighted by Crippen LogP contribution is 2.28. The van der Waals surface area contributed by atoms with Crippen molar-refractivity contribution in [1.82, 2.24) is 19.4 Å². The number of aryl methyl sites for hydroxylation is 1. The van der Waals surface area contributed by atoms with Crippen molar-refractivity contribution in [3.8, 4) is 0 Å². The smallest absolute Gasteiger partial charge is 0.410 e. The first-order chi connectivity index (χ1) is 26.8. The molecule has 2 atom stereocenters. The zero-order valence-electron chi connectivity index (χ0n) is 34.1. The number of nitrogens with zero attached hydrogens (tertiary/aromatic N) is 4. The van der Waals surface area contributed by atoms with Gasteiger partial charge in [-0.1, -0.05) is 45.7 Å². The zero-order valence-corrected chi connectivity index (χ0v) is 37.3. The van der Waals surface area contributed by atoms with Crippen molar-refractivity contribution in [1.29, 1.82) is 0 Å². The number of benzene rings is 2. The first-order valence-corrected chi connectivity index (χ1v) is 20.6. The lowest BCUT2D eigenvalue weighted by Crippen LogP contribution is -2.42. The van der Waals surface area contributed by atoms with Crippen molar-refractivity contribution < 1.29 is 43.0 Å². The van der Waals surface area contributed by atoms with Gasteiger partial charge in [-0.2, -0.15) is 19.2 Å². The van der Waals surface area contributed by atoms with Gasteiger partial charge >= 0.3 is 24.5 Å². The van der Waals surface area contributed by atoms with E-state index in [2.05, 4.69) is 54.7 Å². The summed E-state index contributed by atoms with van der Waals surface area (Å²) in [6.45, 7) is 18.3. The summed E-state index contributed by atoms with van der Waals surface area (Å²) in [5.41, 5.74) is 3.09. The van der Waals surface area contributed by atoms with E-state index < -0.39 is 11.2 Å². The van der Waals surface area contributed by atoms with Crippen molar-refractivity contribution in [3.63, 3.8) is 0 Å². The van der Waals surface area contributed by atoms with Gasteiger partial charge in [0.2, 0.25) is 0 Å². The lowest BCUT2D eigenvalue weighted by molar-refractivity contribution is -0.193. The highest BCUT2D eigenvalue weighted by Gasteiger charge is 2.34. The van der Waals surface area contributed by atoms with Crippen LogP contribution in [-0.4, -0.2) is 92.5 Å². The molecule has 57 heavy (non-hydrogen) atoms. The summed E-state index contributed by atoms with van der Waals surface area (Å²) in [5.74, 6) is 1.27. The van der Waals surface area contributed by atoms with E-state index in [9.17, 15) is 14.4 Å². The standard InChI is InChI=1S/C20H29BrN2O3.C19H26BrN3O2.2CO2/c1-5-17(24)12-14-11-15(21)8-9-18(14)22-13-16-7-6-10-23(16)19(25)26-20(2,3)4;1-5-17-21-15-11-13(20)8-9-16(15)23(17)12-14-7-6-10-22(14)18(24)25-19(2,3)4;2*2-1-3/h8-9,11,16,22H,5-7,10,12-13H2,1-4H3;8-9,11,14H,5-7,10,12H2,1-4H3;;. The molecule has 0 aliphatic carbocycles. The second-order valence-electron chi connectivity index (χ2n) is 15.5. The number of halogens is 2. The van der Waals surface area contributed by atoms with Crippen LogP contribution in [0.1, 0.15) is 98.9 Å². The third-order valence-corrected chi connectivity index (χ3v) is 9.87. The van der Waals surface area contributed by atoms with Crippen LogP contribution in [-0.2, 0) is 52.8 Å². The maximum absolute atomic E-state index is 12.5. The fourth-order valence-electron chi connectivity index (χ4n) is 6.48. The van der Waals surface area contributed by atoms with Crippen molar-refractivity contribution in [3.05, 3.63) is 56.7 Å². The number of ether oxygens (including phenoxy) is 2. The summed E-state index contributed by atoms with van der Waals surface area (Å²) in [5, 5.41) is 3.44. The normalized spacial score (nSPS) is 16.1. The van der Waals surface area contributed by atoms with Gasteiger partial charge in [0.05, 0.1) is 23.1 Å². The van der Waals surface area contributed by atoms with Gasteiger partial charge in [-0.05, 0) is 109 Å². The number of anilines is 1. The fourth-order valence-corrected chi connectivity index (χ4v) is 7.24. The highest BCUT2D eigenvalue weighted by atomic mass is 79.9. The molecule has 0 bridgehead atoms. The monoisotopic (exact) mass is 919 g/mol. The molecule has 3 heterocycles. The van der Waals surface area contributed by atoms with Crippen LogP contribution in [0.3, 0.4) is 0 Å². The molecule has 2 aliphatic rings. The molecule has 0 spiro atoms. The molecule has 2 unspecified atom stereocenters. The number of carbonyl (C=O) groups is 3. The molecule has 1 N–H and O–H groups in total. The predicted octanol–water partition coefficient (Wildman–Crippen LogP) is 8.38. The number of fused-ring (bicyclic) bond motifs is 1. The topological polar surface area (TPSA) is 174 Å². The zero-order chi connectivity index (χ0) is 42.9. The van der Waals surface area contributed by atoms with Crippen molar-refractivity contribution in [2.45, 2.75) is 130 Å². The van der Waals surface area contributed by atoms with Crippen LogP contribution < -0.4 is 5.32 Å². The Bertz CT molecular complexity index is 1860. The molecular formula is C41H55Br2N5O9. The number of likely N-dealkylation sites (tertiary alicyclic amines) is 2. The van der Waals surface area contributed by atoms with E-state index in [0.29, 0.717) is 19.4 Å². The molecule has 14 nitrogen and oxygen atoms in total. The summed E-state index contributed by atoms with van der Waals surface area (Å²) in [6, 6.07) is 12.4. The number of aromatic nitrogens is 2. The maximum atomic E-state index is 12.5. The number of imidazole rings is 1. The third kappa shape index (κ3) is 16.2. The number of carbonyl (C=O) groups excluding carboxylic acids is 7. The molecule has 16 heteroatoms. The number of hydrogen-bond donors (Lipinski definition) is 1. The Morgan fingerprint density at radius 3 is 1.84 bits per heavy atom. The van der Waals surface area contributed by atoms with Crippen LogP contribution in [0, 0.1) is 0 Å². The molecule has 312 valence electrons. The van der Waals surface area contributed by atoms with Crippen molar-refractivity contribution in [2.75, 3.05) is 25.0 Å². The quantitative estimate of drug-likeness (QED) is 0.218. The SMILES string of the molecule is CCC(=O)Cc1cc(Br)ccc1NCC1CCCN1C(=O)OC(C)(C)C.CCc1nc2cc(Br)ccc2n1CC1CCCN1C(=O)OC(C)(C)C.O=C=O.O=C=O. The second-order valence-corrected chi connectivity index (χ2v) is 17.3. The lowest BCUT2D eigenvalue weighted by atomic mass is 10.1. The summed E-state index contributed by atoms with van der Waals surface area (Å²) >= 11 is 6.99. The number of hydrogen-bond acceptors (Lipinski definition) is 11. The van der Waals surface area contributed by atoms with E-state index in [-0.39, 0.29) is 42.4 Å². The number of amides is 2. The molecule has 2 fully saturated rings. The summed E-state index contributed by atoms with van der Waals surface area (Å²) in [4.78, 5) is 77.8. The van der Waals surface area contributed by atoms with Crippen LogP contribution in [0.5, 0.6) is 0 Å². The second kappa shape index (κ2) is 23.1. The van der Waals surface area contributed by atoms with Gasteiger partial charge in [0.25, 0.3) is 0 Å². The van der Waals surface area contributed by atoms with E-state index in [1.165, 1.54) is 0 Å². The van der Waals surface area contributed by atoms with Crippen molar-refractivity contribution >= 4 is 78.9 Å². The van der Waals surface area contributed by atoms with Crippen LogP contribution in [0.15, 0.2) is 45.3 Å². The molecule has 0 saturated carbocycles. The number of ketones is 1. The highest BCUT2D eigenvalue weighted by molar-refractivity contribution is 9.10. The number of rotatable bonds is 9. The van der Waals surface area contributed by atoms with Gasteiger partial charge in [-0.15, -0.1) is 0 Å². The average Bonchev–Trinajstić information content (AvgIpc) is 3.86. The molecule has 0 radical (unpaired) electrons. The average molecular weight is 922 g/mol. The third-order valence-electron chi connectivity index (χ3n) is 8.89. The Morgan fingerprint density at radius 1 is 0.807 bits per heavy atom. The first-order valence-electron chi connectivity index (χ1n) is 19.0. The van der Waals surface area contributed by atoms with E-state index in [0.717, 1.165) is 88.8 Å². The number of nitrogens with one attached hydrogen (secondary N) is 1. The molecule has 2 saturated heterocycles. The maximum Gasteiger partial charge on any atom is 0.410 e. The van der Waals surface area contributed by atoms with Crippen LogP contribution in [0.25, 0.3) is 11.0 Å². The van der Waals surface area contributed by atoms with Gasteiger partial charge in [0.15, 0.2) is 0 Å². The molecule has 1 aromatic heterocycles. The minimum Gasteiger partial charge on any atom is -0.444 e. The predicted molar refractivity (Wildman–Crippen MR) is 220 cm³/mol. The Hall–Kier alpha value is -4.36. The summed E-state index contributed by atoms with van der Waals surface area (Å²) in [6.07, 6.45) is 5.80. The Kier molecular flexibility index (Phi) is 19.8. The minimum atomic E-state index is -0.489. The Morgan fingerprint density at radius 2 is 1.32 bits per heavy atom. The van der Waals surface area contributed by atoms with Crippen LogP contribution in [0.4, 0.5) is 15.3 Å². The molecular weight excluding hydrogens is 866 g/mol. The van der Waals surface area contributed by atoms with E-state index in [1.54, 1.807) is 0 Å². The van der Waals surface area contributed by atoms with E-state index >= 15 is 0 Å². The van der Waals surface area contributed by atoms with Crippen molar-refractivity contribution in [2.24, 2.45) is 0 Å². The van der Waals surface area contributed by atoms with E-state index in [4.69, 9.17) is 33.6 Å². The Balaban J connectivity index is 0.000000346. The fraction of sp³-hybridized carbons (Fsp3) is 0.561. The summed E-state index contributed by atoms with van der Waals surface area (Å²) in [7, 11) is 0. The van der Waals surface area contributed by atoms with Crippen LogP contribution >= 0.6 is 31.9 Å². The van der Waals surface area contributed by atoms with Gasteiger partial charge in [0, 0.05) is 60.1 Å². The van der Waals surface area contributed by atoms with Crippen LogP contribution in [0.2, 0.25) is 0 Å². The largest absolute Gasteiger partial charge is 0.444 e. The lowest BCUT2D eigenvalue weighted by Gasteiger charge is -2.29. The van der Waals surface area contributed by atoms with Gasteiger partial charge in [-0.3, -0.25) is 4.79 Å². The molecule has 3 aromatic rings. The molecule has 5 rings (SSSR count). The first kappa shape index (κ1) is 48.8. The summed E-state index contributed by atoms with van der Waals surface area (Å²) < 4.78 is 15.4. The van der Waals surface area contributed by atoms with Gasteiger partial charge < -0.3 is 29.2 Å². The number of Topliss-reactive ketones (excluding diaryl/α,β-unsaturated/α-hetero) is 1. The molecule has 2 aromatic carbocycles.